The van der Waals surface area contributed by atoms with E-state index in [-0.39, 0.29) is 11.5 Å². The smallest absolute Gasteiger partial charge is 0.267 e. The van der Waals surface area contributed by atoms with Crippen LogP contribution in [0, 0.1) is 0 Å². The number of carbonyl (C=O) groups excluding carboxylic acids is 1. The standard InChI is InChI=1S/C21H24N4O3S3/c1-2-28-11-5-8-25-20(27)16(31-21(25)29)14-15-18(23-9-12-30-13-10-23)22-17-6-3-4-7-24(17)19(15)26/h3-4,6-7,14H,2,5,8-13H2,1H3. The van der Waals surface area contributed by atoms with Crippen molar-refractivity contribution in [3.8, 4) is 0 Å². The van der Waals surface area contributed by atoms with Crippen molar-refractivity contribution in [2.75, 3.05) is 49.3 Å². The molecule has 4 rings (SSSR count). The van der Waals surface area contributed by atoms with Gasteiger partial charge in [-0.2, -0.15) is 11.8 Å². The van der Waals surface area contributed by atoms with Crippen LogP contribution in [0.2, 0.25) is 0 Å². The number of ether oxygens (including phenoxy) is 1. The first-order valence-electron chi connectivity index (χ1n) is 10.3. The molecule has 0 radical (unpaired) electrons. The Hall–Kier alpha value is -1.88. The number of anilines is 1. The molecule has 164 valence electrons. The summed E-state index contributed by atoms with van der Waals surface area (Å²) in [5, 5.41) is 0. The SMILES string of the molecule is CCOCCCN1C(=O)C(=Cc2c(N3CCSCC3)nc3ccccn3c2=O)SC1=S. The highest BCUT2D eigenvalue weighted by atomic mass is 32.2. The summed E-state index contributed by atoms with van der Waals surface area (Å²) in [6, 6.07) is 5.49. The second-order valence-electron chi connectivity index (χ2n) is 7.07. The molecule has 0 aliphatic carbocycles. The third kappa shape index (κ3) is 4.82. The molecule has 10 heteroatoms. The van der Waals surface area contributed by atoms with Gasteiger partial charge in [-0.25, -0.2) is 4.98 Å². The number of hydrogen-bond donors (Lipinski definition) is 0. The van der Waals surface area contributed by atoms with E-state index in [0.29, 0.717) is 52.4 Å². The Labute approximate surface area is 194 Å². The average molecular weight is 477 g/mol. The van der Waals surface area contributed by atoms with Crippen molar-refractivity contribution in [1.82, 2.24) is 14.3 Å². The molecular formula is C21H24N4O3S3. The van der Waals surface area contributed by atoms with Gasteiger partial charge < -0.3 is 9.64 Å². The van der Waals surface area contributed by atoms with E-state index in [1.54, 1.807) is 23.2 Å². The van der Waals surface area contributed by atoms with Crippen LogP contribution in [0.15, 0.2) is 34.1 Å². The molecule has 0 atom stereocenters. The maximum atomic E-state index is 13.4. The highest BCUT2D eigenvalue weighted by Crippen LogP contribution is 2.33. The van der Waals surface area contributed by atoms with Crippen LogP contribution < -0.4 is 10.5 Å². The Morgan fingerprint density at radius 2 is 2.06 bits per heavy atom. The summed E-state index contributed by atoms with van der Waals surface area (Å²) in [5.74, 6) is 2.44. The van der Waals surface area contributed by atoms with Crippen molar-refractivity contribution in [2.45, 2.75) is 13.3 Å². The van der Waals surface area contributed by atoms with Crippen molar-refractivity contribution in [1.29, 1.82) is 0 Å². The third-order valence-electron chi connectivity index (χ3n) is 5.08. The van der Waals surface area contributed by atoms with E-state index >= 15 is 0 Å². The number of nitrogens with zero attached hydrogens (tertiary/aromatic N) is 4. The minimum atomic E-state index is -0.180. The highest BCUT2D eigenvalue weighted by Gasteiger charge is 2.32. The third-order valence-corrected chi connectivity index (χ3v) is 7.40. The van der Waals surface area contributed by atoms with Crippen molar-refractivity contribution >= 4 is 63.5 Å². The summed E-state index contributed by atoms with van der Waals surface area (Å²) in [6.45, 7) is 5.32. The lowest BCUT2D eigenvalue weighted by Crippen LogP contribution is -2.36. The molecule has 31 heavy (non-hydrogen) atoms. The van der Waals surface area contributed by atoms with E-state index < -0.39 is 0 Å². The van der Waals surface area contributed by atoms with Crippen LogP contribution in [0.4, 0.5) is 5.82 Å². The zero-order chi connectivity index (χ0) is 21.8. The molecule has 0 unspecified atom stereocenters. The van der Waals surface area contributed by atoms with Crippen molar-refractivity contribution in [2.24, 2.45) is 0 Å². The fourth-order valence-electron chi connectivity index (χ4n) is 3.53. The van der Waals surface area contributed by atoms with E-state index in [1.807, 2.05) is 30.8 Å². The summed E-state index contributed by atoms with van der Waals surface area (Å²) < 4.78 is 7.40. The molecule has 2 aromatic rings. The number of thiocarbonyl (C=S) groups is 1. The van der Waals surface area contributed by atoms with Crippen molar-refractivity contribution < 1.29 is 9.53 Å². The Bertz CT molecular complexity index is 1080. The summed E-state index contributed by atoms with van der Waals surface area (Å²) in [5.41, 5.74) is 0.854. The molecular weight excluding hydrogens is 452 g/mol. The van der Waals surface area contributed by atoms with Gasteiger partial charge in [-0.1, -0.05) is 30.0 Å². The normalized spacial score (nSPS) is 18.5. The predicted octanol–water partition coefficient (Wildman–Crippen LogP) is 2.88. The van der Waals surface area contributed by atoms with Gasteiger partial charge in [0.1, 0.15) is 15.8 Å². The van der Waals surface area contributed by atoms with Gasteiger partial charge in [0.05, 0.1) is 10.5 Å². The molecule has 0 spiro atoms. The first-order valence-corrected chi connectivity index (χ1v) is 12.7. The van der Waals surface area contributed by atoms with Gasteiger partial charge in [0.25, 0.3) is 11.5 Å². The summed E-state index contributed by atoms with van der Waals surface area (Å²) in [4.78, 5) is 35.3. The van der Waals surface area contributed by atoms with E-state index in [2.05, 4.69) is 4.90 Å². The fraction of sp³-hybridized carbons (Fsp3) is 0.429. The van der Waals surface area contributed by atoms with Gasteiger partial charge in [-0.3, -0.25) is 18.9 Å². The topological polar surface area (TPSA) is 67.2 Å². The Balaban J connectivity index is 1.70. The zero-order valence-corrected chi connectivity index (χ0v) is 19.7. The molecule has 2 aromatic heterocycles. The quantitative estimate of drug-likeness (QED) is 0.343. The van der Waals surface area contributed by atoms with Crippen molar-refractivity contribution in [3.05, 3.63) is 45.2 Å². The number of rotatable bonds is 7. The van der Waals surface area contributed by atoms with Crippen LogP contribution in [0.3, 0.4) is 0 Å². The summed E-state index contributed by atoms with van der Waals surface area (Å²) >= 11 is 8.56. The van der Waals surface area contributed by atoms with Crippen LogP contribution in [0.25, 0.3) is 11.7 Å². The molecule has 4 heterocycles. The number of aromatic nitrogens is 2. The highest BCUT2D eigenvalue weighted by molar-refractivity contribution is 8.26. The fourth-order valence-corrected chi connectivity index (χ4v) is 5.72. The first-order chi connectivity index (χ1) is 15.1. The van der Waals surface area contributed by atoms with Crippen LogP contribution in [0.1, 0.15) is 18.9 Å². The number of fused-ring (bicyclic) bond motifs is 1. The minimum absolute atomic E-state index is 0.163. The Morgan fingerprint density at radius 1 is 1.26 bits per heavy atom. The molecule has 0 aromatic carbocycles. The lowest BCUT2D eigenvalue weighted by Gasteiger charge is -2.28. The van der Waals surface area contributed by atoms with Crippen LogP contribution in [-0.4, -0.2) is 68.9 Å². The minimum Gasteiger partial charge on any atom is -0.382 e. The molecule has 2 fully saturated rings. The molecule has 2 saturated heterocycles. The maximum absolute atomic E-state index is 13.4. The largest absolute Gasteiger partial charge is 0.382 e. The van der Waals surface area contributed by atoms with Gasteiger partial charge in [-0.05, 0) is 31.6 Å². The van der Waals surface area contributed by atoms with E-state index in [1.165, 1.54) is 16.2 Å². The monoisotopic (exact) mass is 476 g/mol. The van der Waals surface area contributed by atoms with E-state index in [0.717, 1.165) is 24.6 Å². The molecule has 2 aliphatic rings. The average Bonchev–Trinajstić information content (AvgIpc) is 3.06. The number of thioether (sulfide) groups is 2. The number of carbonyl (C=O) groups is 1. The van der Waals surface area contributed by atoms with Crippen molar-refractivity contribution in [3.63, 3.8) is 0 Å². The molecule has 0 N–H and O–H groups in total. The van der Waals surface area contributed by atoms with Crippen LogP contribution in [-0.2, 0) is 9.53 Å². The van der Waals surface area contributed by atoms with Gasteiger partial charge >= 0.3 is 0 Å². The van der Waals surface area contributed by atoms with Gasteiger partial charge in [0.15, 0.2) is 0 Å². The molecule has 2 aliphatic heterocycles. The van der Waals surface area contributed by atoms with Crippen LogP contribution in [0.5, 0.6) is 0 Å². The number of amides is 1. The lowest BCUT2D eigenvalue weighted by atomic mass is 10.2. The lowest BCUT2D eigenvalue weighted by molar-refractivity contribution is -0.122. The Morgan fingerprint density at radius 3 is 2.84 bits per heavy atom. The second kappa shape index (κ2) is 10.2. The maximum Gasteiger partial charge on any atom is 0.267 e. The number of pyridine rings is 1. The Kier molecular flexibility index (Phi) is 7.31. The zero-order valence-electron chi connectivity index (χ0n) is 17.3. The number of hydrogen-bond acceptors (Lipinski definition) is 8. The summed E-state index contributed by atoms with van der Waals surface area (Å²) in [6.07, 6.45) is 4.09. The van der Waals surface area contributed by atoms with Gasteiger partial charge in [0.2, 0.25) is 0 Å². The predicted molar refractivity (Wildman–Crippen MR) is 132 cm³/mol. The van der Waals surface area contributed by atoms with Gasteiger partial charge in [-0.15, -0.1) is 0 Å². The first kappa shape index (κ1) is 22.3. The molecule has 7 nitrogen and oxygen atoms in total. The van der Waals surface area contributed by atoms with Crippen LogP contribution >= 0.6 is 35.7 Å². The molecule has 1 amide bonds. The molecule has 0 bridgehead atoms. The second-order valence-corrected chi connectivity index (χ2v) is 9.97. The van der Waals surface area contributed by atoms with E-state index in [4.69, 9.17) is 21.9 Å². The van der Waals surface area contributed by atoms with E-state index in [9.17, 15) is 9.59 Å². The van der Waals surface area contributed by atoms with Gasteiger partial charge in [0, 0.05) is 50.6 Å². The molecule has 0 saturated carbocycles. The summed E-state index contributed by atoms with van der Waals surface area (Å²) in [7, 11) is 0.